The zero-order valence-electron chi connectivity index (χ0n) is 24.2. The minimum Gasteiger partial charge on any atom is -0.397 e. The van der Waals surface area contributed by atoms with Crippen molar-refractivity contribution in [3.8, 4) is 0 Å². The molecule has 44 heavy (non-hydrogen) atoms. The maximum atomic E-state index is 13.5. The number of carbonyl (C=O) groups is 3. The molecule has 2 heterocycles. The number of benzene rings is 3. The van der Waals surface area contributed by atoms with Crippen molar-refractivity contribution in [3.63, 3.8) is 0 Å². The van der Waals surface area contributed by atoms with E-state index in [-0.39, 0.29) is 18.5 Å². The van der Waals surface area contributed by atoms with Gasteiger partial charge in [-0.05, 0) is 92.6 Å². The van der Waals surface area contributed by atoms with E-state index < -0.39 is 18.0 Å². The highest BCUT2D eigenvalue weighted by atomic mass is 79.9. The van der Waals surface area contributed by atoms with Crippen molar-refractivity contribution < 1.29 is 19.2 Å². The Bertz CT molecular complexity index is 1510. The van der Waals surface area contributed by atoms with E-state index in [0.29, 0.717) is 52.8 Å². The van der Waals surface area contributed by atoms with Crippen LogP contribution in [0, 0.1) is 0 Å². The van der Waals surface area contributed by atoms with Gasteiger partial charge in [0, 0.05) is 53.8 Å². The molecule has 0 radical (unpaired) electrons. The van der Waals surface area contributed by atoms with Crippen molar-refractivity contribution in [1.29, 1.82) is 0 Å². The number of hydrogen-bond donors (Lipinski definition) is 5. The third-order valence-corrected chi connectivity index (χ3v) is 9.17. The molecule has 0 bridgehead atoms. The summed E-state index contributed by atoms with van der Waals surface area (Å²) in [5.41, 5.74) is 10.7. The van der Waals surface area contributed by atoms with Crippen LogP contribution in [0.1, 0.15) is 24.0 Å². The Balaban J connectivity index is 1.21. The number of nitrogens with two attached hydrogens (primary N) is 1. The van der Waals surface area contributed by atoms with E-state index in [1.54, 1.807) is 18.2 Å². The molecule has 1 fully saturated rings. The lowest BCUT2D eigenvalue weighted by atomic mass is 10.0. The van der Waals surface area contributed by atoms with Crippen molar-refractivity contribution in [2.45, 2.75) is 37.8 Å². The second-order valence-electron chi connectivity index (χ2n) is 10.7. The SMILES string of the molecule is CNc1ccccc1NC(=O)[C@@H](Cc1cc(Br)c(N)c(Br)c1)NC(=O)ON1CCC(N2CCc3ccccc3NC2=O)CC1. The predicted molar refractivity (Wildman–Crippen MR) is 178 cm³/mol. The molecule has 3 aromatic carbocycles. The van der Waals surface area contributed by atoms with E-state index in [4.69, 9.17) is 10.6 Å². The van der Waals surface area contributed by atoms with Gasteiger partial charge < -0.3 is 36.7 Å². The van der Waals surface area contributed by atoms with Gasteiger partial charge in [-0.15, -0.1) is 5.06 Å². The Morgan fingerprint density at radius 2 is 1.68 bits per heavy atom. The lowest BCUT2D eigenvalue weighted by Gasteiger charge is -2.37. The molecule has 4 amide bonds. The van der Waals surface area contributed by atoms with Gasteiger partial charge in [-0.2, -0.15) is 0 Å². The number of piperidine rings is 1. The van der Waals surface area contributed by atoms with E-state index >= 15 is 0 Å². The number of halogens is 2. The van der Waals surface area contributed by atoms with E-state index in [0.717, 1.165) is 28.9 Å². The number of hydrogen-bond acceptors (Lipinski definition) is 7. The minimum atomic E-state index is -0.949. The Labute approximate surface area is 273 Å². The fraction of sp³-hybridized carbons (Fsp3) is 0.323. The second kappa shape index (κ2) is 14.3. The van der Waals surface area contributed by atoms with E-state index in [1.165, 1.54) is 0 Å². The molecule has 2 aliphatic heterocycles. The summed E-state index contributed by atoms with van der Waals surface area (Å²) in [6.45, 7) is 1.54. The number of urea groups is 1. The van der Waals surface area contributed by atoms with Crippen LogP contribution in [0.25, 0.3) is 0 Å². The number of nitrogen functional groups attached to an aromatic ring is 1. The molecule has 0 spiro atoms. The maximum absolute atomic E-state index is 13.5. The minimum absolute atomic E-state index is 0.0282. The molecule has 1 saturated heterocycles. The standard InChI is InChI=1S/C31H35Br2N7O4/c1-35-25-8-4-5-9-26(25)36-29(41)27(18-19-16-22(32)28(34)23(33)17-19)38-31(43)44-39-13-11-21(12-14-39)40-15-10-20-6-2-3-7-24(20)37-30(40)42/h2-9,16-17,21,27,35H,10-15,18,34H2,1H3,(H,36,41)(H,37,42)(H,38,43)/t27-/m1/s1. The summed E-state index contributed by atoms with van der Waals surface area (Å²) in [4.78, 5) is 47.1. The third kappa shape index (κ3) is 7.63. The molecule has 13 heteroatoms. The molecule has 6 N–H and O–H groups in total. The molecule has 0 aromatic heterocycles. The van der Waals surface area contributed by atoms with Crippen molar-refractivity contribution in [1.82, 2.24) is 15.3 Å². The van der Waals surface area contributed by atoms with Crippen LogP contribution in [0.3, 0.4) is 0 Å². The van der Waals surface area contributed by atoms with Gasteiger partial charge in [0.05, 0.1) is 17.1 Å². The first kappa shape index (κ1) is 31.6. The van der Waals surface area contributed by atoms with Gasteiger partial charge in [0.2, 0.25) is 5.91 Å². The molecule has 5 rings (SSSR count). The van der Waals surface area contributed by atoms with E-state index in [2.05, 4.69) is 53.1 Å². The quantitative estimate of drug-likeness (QED) is 0.191. The fourth-order valence-corrected chi connectivity index (χ4v) is 6.78. The average molecular weight is 729 g/mol. The van der Waals surface area contributed by atoms with Gasteiger partial charge >= 0.3 is 12.1 Å². The van der Waals surface area contributed by atoms with E-state index in [1.807, 2.05) is 59.5 Å². The Morgan fingerprint density at radius 3 is 2.39 bits per heavy atom. The predicted octanol–water partition coefficient (Wildman–Crippen LogP) is 5.58. The highest BCUT2D eigenvalue weighted by Gasteiger charge is 2.32. The third-order valence-electron chi connectivity index (χ3n) is 7.86. The number of carbonyl (C=O) groups excluding carboxylic acids is 3. The van der Waals surface area contributed by atoms with Gasteiger partial charge in [0.15, 0.2) is 0 Å². The van der Waals surface area contributed by atoms with Gasteiger partial charge in [-0.1, -0.05) is 30.3 Å². The summed E-state index contributed by atoms with van der Waals surface area (Å²) in [5.74, 6) is -0.402. The summed E-state index contributed by atoms with van der Waals surface area (Å²) >= 11 is 6.90. The van der Waals surface area contributed by atoms with Crippen LogP contribution in [-0.2, 0) is 22.5 Å². The number of hydroxylamine groups is 2. The molecular weight excluding hydrogens is 694 g/mol. The molecule has 2 aliphatic rings. The largest absolute Gasteiger partial charge is 0.426 e. The first-order valence-electron chi connectivity index (χ1n) is 14.4. The van der Waals surface area contributed by atoms with Crippen LogP contribution in [0.5, 0.6) is 0 Å². The number of anilines is 4. The van der Waals surface area contributed by atoms with Crippen LogP contribution >= 0.6 is 31.9 Å². The average Bonchev–Trinajstić information content (AvgIpc) is 3.18. The van der Waals surface area contributed by atoms with Crippen LogP contribution in [0.15, 0.2) is 69.6 Å². The molecule has 1 atom stereocenters. The monoisotopic (exact) mass is 727 g/mol. The molecule has 232 valence electrons. The zero-order chi connectivity index (χ0) is 31.2. The number of nitrogens with zero attached hydrogens (tertiary/aromatic N) is 2. The van der Waals surface area contributed by atoms with Crippen LogP contribution < -0.4 is 27.0 Å². The normalized spacial score (nSPS) is 16.2. The van der Waals surface area contributed by atoms with Crippen molar-refractivity contribution in [2.75, 3.05) is 48.4 Å². The first-order chi connectivity index (χ1) is 21.2. The lowest BCUT2D eigenvalue weighted by molar-refractivity contribution is -0.125. The highest BCUT2D eigenvalue weighted by molar-refractivity contribution is 9.11. The molecule has 11 nitrogen and oxygen atoms in total. The van der Waals surface area contributed by atoms with Gasteiger partial charge in [-0.3, -0.25) is 4.79 Å². The molecule has 0 unspecified atom stereocenters. The van der Waals surface area contributed by atoms with Gasteiger partial charge in [0.25, 0.3) is 0 Å². The van der Waals surface area contributed by atoms with Crippen molar-refractivity contribution >= 4 is 72.6 Å². The summed E-state index contributed by atoms with van der Waals surface area (Å²) in [6, 6.07) is 17.8. The maximum Gasteiger partial charge on any atom is 0.426 e. The summed E-state index contributed by atoms with van der Waals surface area (Å²) in [7, 11) is 1.77. The van der Waals surface area contributed by atoms with Crippen LogP contribution in [-0.4, -0.2) is 66.8 Å². The number of nitrogens with one attached hydrogen (secondary N) is 4. The lowest BCUT2D eigenvalue weighted by Crippen LogP contribution is -2.51. The Morgan fingerprint density at radius 1 is 1.02 bits per heavy atom. The summed E-state index contributed by atoms with van der Waals surface area (Å²) in [5, 5.41) is 13.3. The summed E-state index contributed by atoms with van der Waals surface area (Å²) < 4.78 is 1.35. The smallest absolute Gasteiger partial charge is 0.397 e. The zero-order valence-corrected chi connectivity index (χ0v) is 27.4. The van der Waals surface area contributed by atoms with Crippen LogP contribution in [0.4, 0.5) is 32.3 Å². The summed E-state index contributed by atoms with van der Waals surface area (Å²) in [6.07, 6.45) is 1.53. The van der Waals surface area contributed by atoms with Crippen molar-refractivity contribution in [3.05, 3.63) is 80.7 Å². The molecular formula is C31H35Br2N7O4. The van der Waals surface area contributed by atoms with Gasteiger partial charge in [0.1, 0.15) is 6.04 Å². The molecule has 0 saturated carbocycles. The first-order valence-corrected chi connectivity index (χ1v) is 16.0. The highest BCUT2D eigenvalue weighted by Crippen LogP contribution is 2.30. The van der Waals surface area contributed by atoms with E-state index in [9.17, 15) is 14.4 Å². The fourth-order valence-electron chi connectivity index (χ4n) is 5.50. The number of rotatable bonds is 8. The number of para-hydroxylation sites is 3. The van der Waals surface area contributed by atoms with Crippen LogP contribution in [0.2, 0.25) is 0 Å². The van der Waals surface area contributed by atoms with Crippen molar-refractivity contribution in [2.24, 2.45) is 0 Å². The second-order valence-corrected chi connectivity index (χ2v) is 12.4. The number of fused-ring (bicyclic) bond motifs is 1. The number of amides is 4. The Kier molecular flexibility index (Phi) is 10.3. The topological polar surface area (TPSA) is 141 Å². The molecule has 0 aliphatic carbocycles. The van der Waals surface area contributed by atoms with Gasteiger partial charge in [-0.25, -0.2) is 9.59 Å². The molecule has 3 aromatic rings. The Hall–Kier alpha value is -3.81.